The van der Waals surface area contributed by atoms with E-state index < -0.39 is 29.0 Å². The Morgan fingerprint density at radius 2 is 1.78 bits per heavy atom. The number of amides is 2. The van der Waals surface area contributed by atoms with Gasteiger partial charge in [0.15, 0.2) is 5.43 Å². The topological polar surface area (TPSA) is 74.0 Å². The molecular formula is C17H10ClF4N3O2. The maximum absolute atomic E-state index is 13.2. The van der Waals surface area contributed by atoms with Gasteiger partial charge in [-0.15, -0.1) is 0 Å². The molecule has 3 rings (SSSR count). The van der Waals surface area contributed by atoms with E-state index in [0.29, 0.717) is 11.6 Å². The SMILES string of the molecule is O=C(Nc1cc(=O)c2cc(F)ccc2[nH]1)Nc1ccc(C(F)(F)F)cc1Cl. The third kappa shape index (κ3) is 4.20. The monoisotopic (exact) mass is 399 g/mol. The van der Waals surface area contributed by atoms with E-state index in [4.69, 9.17) is 11.6 Å². The molecule has 0 saturated carbocycles. The van der Waals surface area contributed by atoms with Gasteiger partial charge >= 0.3 is 12.2 Å². The minimum absolute atomic E-state index is 0.0136. The molecule has 3 N–H and O–H groups in total. The summed E-state index contributed by atoms with van der Waals surface area (Å²) in [4.78, 5) is 26.8. The van der Waals surface area contributed by atoms with Gasteiger partial charge in [-0.25, -0.2) is 9.18 Å². The smallest absolute Gasteiger partial charge is 0.341 e. The molecule has 27 heavy (non-hydrogen) atoms. The van der Waals surface area contributed by atoms with Crippen LogP contribution in [0.4, 0.5) is 33.9 Å². The van der Waals surface area contributed by atoms with Crippen LogP contribution in [0.3, 0.4) is 0 Å². The summed E-state index contributed by atoms with van der Waals surface area (Å²) in [6, 6.07) is 6.21. The molecule has 1 heterocycles. The predicted octanol–water partition coefficient (Wildman–Crippen LogP) is 4.98. The van der Waals surface area contributed by atoms with Crippen molar-refractivity contribution in [1.82, 2.24) is 4.98 Å². The van der Waals surface area contributed by atoms with Gasteiger partial charge in [0, 0.05) is 11.5 Å². The number of hydrogen-bond acceptors (Lipinski definition) is 2. The molecule has 0 bridgehead atoms. The van der Waals surface area contributed by atoms with Gasteiger partial charge in [0.05, 0.1) is 21.8 Å². The molecule has 0 unspecified atom stereocenters. The number of rotatable bonds is 2. The van der Waals surface area contributed by atoms with E-state index in [2.05, 4.69) is 15.6 Å². The third-order valence-electron chi connectivity index (χ3n) is 3.58. The highest BCUT2D eigenvalue weighted by atomic mass is 35.5. The van der Waals surface area contributed by atoms with Gasteiger partial charge < -0.3 is 10.3 Å². The highest BCUT2D eigenvalue weighted by molar-refractivity contribution is 6.33. The van der Waals surface area contributed by atoms with E-state index in [1.165, 1.54) is 6.07 Å². The van der Waals surface area contributed by atoms with Crippen LogP contribution in [-0.2, 0) is 6.18 Å². The first-order valence-electron chi connectivity index (χ1n) is 7.41. The molecule has 2 aromatic carbocycles. The van der Waals surface area contributed by atoms with Crippen LogP contribution in [0.25, 0.3) is 10.9 Å². The Morgan fingerprint density at radius 1 is 1.04 bits per heavy atom. The minimum atomic E-state index is -4.56. The Bertz CT molecular complexity index is 1100. The second-order valence-corrected chi connectivity index (χ2v) is 5.92. The van der Waals surface area contributed by atoms with Crippen LogP contribution in [0.2, 0.25) is 5.02 Å². The molecule has 5 nitrogen and oxygen atoms in total. The van der Waals surface area contributed by atoms with Crippen LogP contribution in [0.15, 0.2) is 47.3 Å². The lowest BCUT2D eigenvalue weighted by Crippen LogP contribution is -2.21. The quantitative estimate of drug-likeness (QED) is 0.531. The zero-order chi connectivity index (χ0) is 19.8. The van der Waals surface area contributed by atoms with Crippen molar-refractivity contribution in [3.8, 4) is 0 Å². The minimum Gasteiger partial charge on any atom is -0.341 e. The number of pyridine rings is 1. The van der Waals surface area contributed by atoms with Crippen LogP contribution in [0.5, 0.6) is 0 Å². The molecule has 0 fully saturated rings. The Labute approximate surface area is 154 Å². The van der Waals surface area contributed by atoms with Crippen molar-refractivity contribution in [2.45, 2.75) is 6.18 Å². The van der Waals surface area contributed by atoms with Gasteiger partial charge in [0.25, 0.3) is 0 Å². The number of carbonyl (C=O) groups is 1. The fourth-order valence-electron chi connectivity index (χ4n) is 2.36. The van der Waals surface area contributed by atoms with E-state index in [-0.39, 0.29) is 21.9 Å². The zero-order valence-electron chi connectivity index (χ0n) is 13.2. The molecule has 0 radical (unpaired) electrons. The average molecular weight is 400 g/mol. The Hall–Kier alpha value is -3.07. The lowest BCUT2D eigenvalue weighted by atomic mass is 10.2. The molecule has 140 valence electrons. The van der Waals surface area contributed by atoms with E-state index in [1.807, 2.05) is 0 Å². The Kier molecular flexibility index (Phi) is 4.79. The first-order valence-corrected chi connectivity index (χ1v) is 7.78. The molecule has 0 saturated heterocycles. The first-order chi connectivity index (χ1) is 12.6. The summed E-state index contributed by atoms with van der Waals surface area (Å²) in [6.07, 6.45) is -4.56. The van der Waals surface area contributed by atoms with Gasteiger partial charge in [0.1, 0.15) is 11.6 Å². The number of benzene rings is 2. The second kappa shape index (κ2) is 6.92. The molecule has 1 aromatic heterocycles. The van der Waals surface area contributed by atoms with Crippen molar-refractivity contribution < 1.29 is 22.4 Å². The Balaban J connectivity index is 1.79. The summed E-state index contributed by atoms with van der Waals surface area (Å²) in [5.41, 5.74) is -1.23. The summed E-state index contributed by atoms with van der Waals surface area (Å²) in [6.45, 7) is 0. The van der Waals surface area contributed by atoms with Crippen LogP contribution in [0, 0.1) is 5.82 Å². The van der Waals surface area contributed by atoms with Gasteiger partial charge in [-0.3, -0.25) is 10.1 Å². The summed E-state index contributed by atoms with van der Waals surface area (Å²) in [5, 5.41) is 4.41. The van der Waals surface area contributed by atoms with Crippen LogP contribution >= 0.6 is 11.6 Å². The molecule has 3 aromatic rings. The average Bonchev–Trinajstić information content (AvgIpc) is 2.56. The highest BCUT2D eigenvalue weighted by Gasteiger charge is 2.31. The van der Waals surface area contributed by atoms with Crippen molar-refractivity contribution in [2.75, 3.05) is 10.6 Å². The van der Waals surface area contributed by atoms with Crippen molar-refractivity contribution in [2.24, 2.45) is 0 Å². The number of aromatic amines is 1. The largest absolute Gasteiger partial charge is 0.416 e. The number of hydrogen-bond donors (Lipinski definition) is 3. The van der Waals surface area contributed by atoms with Crippen LogP contribution < -0.4 is 16.1 Å². The number of H-pyrrole nitrogens is 1. The molecule has 0 aliphatic rings. The number of alkyl halides is 3. The van der Waals surface area contributed by atoms with Gasteiger partial charge in [-0.2, -0.15) is 13.2 Å². The summed E-state index contributed by atoms with van der Waals surface area (Å²) in [7, 11) is 0. The lowest BCUT2D eigenvalue weighted by Gasteiger charge is -2.12. The third-order valence-corrected chi connectivity index (χ3v) is 3.90. The van der Waals surface area contributed by atoms with Crippen molar-refractivity contribution >= 4 is 40.0 Å². The molecule has 0 atom stereocenters. The van der Waals surface area contributed by atoms with Gasteiger partial charge in [0.2, 0.25) is 0 Å². The number of anilines is 2. The number of urea groups is 1. The summed E-state index contributed by atoms with van der Waals surface area (Å²) < 4.78 is 51.1. The van der Waals surface area contributed by atoms with Gasteiger partial charge in [-0.05, 0) is 36.4 Å². The molecular weight excluding hydrogens is 390 g/mol. The standard InChI is InChI=1S/C17H10ClF4N3O2/c18-11-5-8(17(20,21)22)1-3-13(11)24-16(27)25-15-7-14(26)10-6-9(19)2-4-12(10)23-15/h1-7H,(H3,23,24,25,26,27). The summed E-state index contributed by atoms with van der Waals surface area (Å²) >= 11 is 5.76. The molecule has 2 amide bonds. The van der Waals surface area contributed by atoms with E-state index >= 15 is 0 Å². The highest BCUT2D eigenvalue weighted by Crippen LogP contribution is 2.33. The molecule has 0 aliphatic heterocycles. The van der Waals surface area contributed by atoms with Crippen LogP contribution in [0.1, 0.15) is 5.56 Å². The van der Waals surface area contributed by atoms with Gasteiger partial charge in [-0.1, -0.05) is 11.6 Å². The molecule has 0 aliphatic carbocycles. The van der Waals surface area contributed by atoms with E-state index in [9.17, 15) is 27.2 Å². The molecule has 10 heteroatoms. The maximum atomic E-state index is 13.2. The maximum Gasteiger partial charge on any atom is 0.416 e. The number of fused-ring (bicyclic) bond motifs is 1. The normalized spacial score (nSPS) is 11.4. The predicted molar refractivity (Wildman–Crippen MR) is 93.6 cm³/mol. The fraction of sp³-hybridized carbons (Fsp3) is 0.0588. The number of halogens is 5. The lowest BCUT2D eigenvalue weighted by molar-refractivity contribution is -0.137. The van der Waals surface area contributed by atoms with Crippen molar-refractivity contribution in [1.29, 1.82) is 0 Å². The van der Waals surface area contributed by atoms with Crippen molar-refractivity contribution in [3.05, 3.63) is 69.1 Å². The number of nitrogens with one attached hydrogen (secondary N) is 3. The van der Waals surface area contributed by atoms with Crippen LogP contribution in [-0.4, -0.2) is 11.0 Å². The summed E-state index contributed by atoms with van der Waals surface area (Å²) in [5.74, 6) is -0.567. The Morgan fingerprint density at radius 3 is 2.44 bits per heavy atom. The van der Waals surface area contributed by atoms with E-state index in [1.54, 1.807) is 0 Å². The molecule has 0 spiro atoms. The fourth-order valence-corrected chi connectivity index (χ4v) is 2.58. The number of carbonyl (C=O) groups excluding carboxylic acids is 1. The second-order valence-electron chi connectivity index (χ2n) is 5.51. The number of aromatic nitrogens is 1. The van der Waals surface area contributed by atoms with E-state index in [0.717, 1.165) is 30.3 Å². The zero-order valence-corrected chi connectivity index (χ0v) is 14.0. The van der Waals surface area contributed by atoms with Crippen molar-refractivity contribution in [3.63, 3.8) is 0 Å². The first kappa shape index (κ1) is 18.7.